The lowest BCUT2D eigenvalue weighted by Gasteiger charge is -2.33. The zero-order valence-corrected chi connectivity index (χ0v) is 21.6. The normalized spacial score (nSPS) is 15.3. The number of H-pyrrole nitrogens is 1. The van der Waals surface area contributed by atoms with Gasteiger partial charge in [0.1, 0.15) is 16.9 Å². The Morgan fingerprint density at radius 3 is 2.57 bits per heavy atom. The molecule has 0 aliphatic heterocycles. The Labute approximate surface area is 209 Å². The van der Waals surface area contributed by atoms with Gasteiger partial charge in [0, 0.05) is 16.1 Å². The van der Waals surface area contributed by atoms with Crippen LogP contribution in [0.2, 0.25) is 0 Å². The summed E-state index contributed by atoms with van der Waals surface area (Å²) in [6.45, 7) is 10.2. The van der Waals surface area contributed by atoms with Gasteiger partial charge in [-0.2, -0.15) is 5.26 Å². The topological polar surface area (TPSA) is 108 Å². The van der Waals surface area contributed by atoms with Crippen molar-refractivity contribution in [3.05, 3.63) is 57.2 Å². The summed E-state index contributed by atoms with van der Waals surface area (Å²) in [6.07, 6.45) is 2.79. The fraction of sp³-hybridized carbons (Fsp3) is 0.407. The molecule has 4 rings (SSSR count). The minimum absolute atomic E-state index is 0.195. The first kappa shape index (κ1) is 24.7. The second-order valence-corrected chi connectivity index (χ2v) is 11.2. The number of amides is 1. The Hall–Kier alpha value is -3.44. The van der Waals surface area contributed by atoms with Gasteiger partial charge in [0.25, 0.3) is 5.91 Å². The van der Waals surface area contributed by atoms with Crippen molar-refractivity contribution in [1.29, 1.82) is 5.26 Å². The van der Waals surface area contributed by atoms with E-state index >= 15 is 0 Å². The van der Waals surface area contributed by atoms with Crippen molar-refractivity contribution in [2.75, 3.05) is 11.9 Å². The molecule has 1 aliphatic rings. The van der Waals surface area contributed by atoms with Crippen molar-refractivity contribution in [3.8, 4) is 17.5 Å². The van der Waals surface area contributed by atoms with Gasteiger partial charge < -0.3 is 15.0 Å². The molecule has 182 valence electrons. The van der Waals surface area contributed by atoms with E-state index in [9.17, 15) is 14.9 Å². The summed E-state index contributed by atoms with van der Waals surface area (Å²) in [6, 6.07) is 9.13. The molecule has 0 saturated heterocycles. The monoisotopic (exact) mass is 490 g/mol. The molecule has 1 aliphatic carbocycles. The Balaban J connectivity index is 1.37. The van der Waals surface area contributed by atoms with Crippen LogP contribution >= 0.6 is 11.3 Å². The van der Waals surface area contributed by atoms with Crippen LogP contribution in [0.25, 0.3) is 11.4 Å². The van der Waals surface area contributed by atoms with Gasteiger partial charge in [-0.25, -0.2) is 9.78 Å². The molecule has 1 atom stereocenters. The summed E-state index contributed by atoms with van der Waals surface area (Å²) in [5.41, 5.74) is 4.90. The van der Waals surface area contributed by atoms with Crippen LogP contribution in [0.5, 0.6) is 0 Å². The summed E-state index contributed by atoms with van der Waals surface area (Å²) in [5, 5.41) is 13.0. The van der Waals surface area contributed by atoms with Gasteiger partial charge in [0.15, 0.2) is 6.61 Å². The molecule has 3 aromatic rings. The van der Waals surface area contributed by atoms with Crippen LogP contribution in [0.15, 0.2) is 24.3 Å². The fourth-order valence-corrected chi connectivity index (χ4v) is 5.65. The number of imidazole rings is 1. The number of hydrogen-bond donors (Lipinski definition) is 2. The number of benzene rings is 1. The third-order valence-corrected chi connectivity index (χ3v) is 7.88. The SMILES string of the molecule is Cc1nc(-c2ccc(C(=O)OCC(=O)Nc3sc4c(c3C#N)CCC(C(C)(C)C)C4)cc2)[nH]c1C. The predicted molar refractivity (Wildman–Crippen MR) is 136 cm³/mol. The highest BCUT2D eigenvalue weighted by Crippen LogP contribution is 2.44. The number of thiophene rings is 1. The highest BCUT2D eigenvalue weighted by atomic mass is 32.1. The molecule has 7 nitrogen and oxygen atoms in total. The van der Waals surface area contributed by atoms with Crippen molar-refractivity contribution >= 4 is 28.2 Å². The fourth-order valence-electron chi connectivity index (χ4n) is 4.36. The van der Waals surface area contributed by atoms with Crippen molar-refractivity contribution in [2.45, 2.75) is 53.9 Å². The number of esters is 1. The molecular weight excluding hydrogens is 460 g/mol. The van der Waals surface area contributed by atoms with Gasteiger partial charge in [-0.15, -0.1) is 11.3 Å². The van der Waals surface area contributed by atoms with Crippen LogP contribution in [0.1, 0.15) is 64.9 Å². The molecule has 8 heteroatoms. The van der Waals surface area contributed by atoms with E-state index in [0.717, 1.165) is 47.6 Å². The number of nitriles is 1. The minimum Gasteiger partial charge on any atom is -0.452 e. The molecular formula is C27H30N4O3S. The molecule has 2 N–H and O–H groups in total. The summed E-state index contributed by atoms with van der Waals surface area (Å²) < 4.78 is 5.22. The molecule has 0 spiro atoms. The lowest BCUT2D eigenvalue weighted by molar-refractivity contribution is -0.119. The maximum absolute atomic E-state index is 12.5. The second kappa shape index (κ2) is 9.67. The van der Waals surface area contributed by atoms with Crippen LogP contribution in [0.3, 0.4) is 0 Å². The van der Waals surface area contributed by atoms with Crippen LogP contribution in [0, 0.1) is 36.5 Å². The highest BCUT2D eigenvalue weighted by molar-refractivity contribution is 7.16. The van der Waals surface area contributed by atoms with Gasteiger partial charge in [-0.1, -0.05) is 32.9 Å². The van der Waals surface area contributed by atoms with E-state index in [4.69, 9.17) is 4.74 Å². The number of rotatable bonds is 5. The highest BCUT2D eigenvalue weighted by Gasteiger charge is 2.32. The Morgan fingerprint density at radius 1 is 1.26 bits per heavy atom. The van der Waals surface area contributed by atoms with Crippen LogP contribution < -0.4 is 5.32 Å². The zero-order chi connectivity index (χ0) is 25.3. The Morgan fingerprint density at radius 2 is 1.97 bits per heavy atom. The first-order chi connectivity index (χ1) is 16.6. The third kappa shape index (κ3) is 5.30. The zero-order valence-electron chi connectivity index (χ0n) is 20.7. The van der Waals surface area contributed by atoms with E-state index in [0.29, 0.717) is 22.0 Å². The quantitative estimate of drug-likeness (QED) is 0.454. The van der Waals surface area contributed by atoms with Crippen LogP contribution in [0.4, 0.5) is 5.00 Å². The number of aryl methyl sites for hydroxylation is 2. The van der Waals surface area contributed by atoms with Crippen molar-refractivity contribution in [1.82, 2.24) is 9.97 Å². The minimum atomic E-state index is -0.586. The summed E-state index contributed by atoms with van der Waals surface area (Å²) >= 11 is 1.46. The number of carbonyl (C=O) groups excluding carboxylic acids is 2. The van der Waals surface area contributed by atoms with Gasteiger partial charge in [-0.3, -0.25) is 4.79 Å². The van der Waals surface area contributed by atoms with Gasteiger partial charge in [0.2, 0.25) is 0 Å². The van der Waals surface area contributed by atoms with Crippen molar-refractivity contribution < 1.29 is 14.3 Å². The maximum Gasteiger partial charge on any atom is 0.338 e. The number of hydrogen-bond acceptors (Lipinski definition) is 6. The van der Waals surface area contributed by atoms with E-state index < -0.39 is 18.5 Å². The van der Waals surface area contributed by atoms with E-state index in [1.807, 2.05) is 13.8 Å². The Kier molecular flexibility index (Phi) is 6.82. The number of nitrogens with one attached hydrogen (secondary N) is 2. The molecule has 35 heavy (non-hydrogen) atoms. The van der Waals surface area contributed by atoms with Gasteiger partial charge >= 0.3 is 5.97 Å². The molecule has 0 radical (unpaired) electrons. The predicted octanol–water partition coefficient (Wildman–Crippen LogP) is 5.57. The van der Waals surface area contributed by atoms with E-state index in [2.05, 4.69) is 42.1 Å². The lowest BCUT2D eigenvalue weighted by atomic mass is 9.72. The third-order valence-electron chi connectivity index (χ3n) is 6.71. The van der Waals surface area contributed by atoms with Crippen LogP contribution in [-0.4, -0.2) is 28.5 Å². The largest absolute Gasteiger partial charge is 0.452 e. The average molecular weight is 491 g/mol. The van der Waals surface area contributed by atoms with Crippen molar-refractivity contribution in [3.63, 3.8) is 0 Å². The number of aromatic amines is 1. The molecule has 0 fully saturated rings. The van der Waals surface area contributed by atoms with Gasteiger partial charge in [-0.05, 0) is 62.1 Å². The van der Waals surface area contributed by atoms with Gasteiger partial charge in [0.05, 0.1) is 16.8 Å². The number of anilines is 1. The number of nitrogens with zero attached hydrogens (tertiary/aromatic N) is 2. The second-order valence-electron chi connectivity index (χ2n) is 10.1. The molecule has 2 aromatic heterocycles. The van der Waals surface area contributed by atoms with Crippen LogP contribution in [-0.2, 0) is 22.4 Å². The first-order valence-corrected chi connectivity index (χ1v) is 12.5. The number of fused-ring (bicyclic) bond motifs is 1. The molecule has 1 unspecified atom stereocenters. The molecule has 1 aromatic carbocycles. The summed E-state index contributed by atoms with van der Waals surface area (Å²) in [7, 11) is 0. The summed E-state index contributed by atoms with van der Waals surface area (Å²) in [5.74, 6) is 0.230. The lowest BCUT2D eigenvalue weighted by Crippen LogP contribution is -2.26. The Bertz CT molecular complexity index is 1290. The summed E-state index contributed by atoms with van der Waals surface area (Å²) in [4.78, 5) is 33.8. The molecule has 0 saturated carbocycles. The molecule has 1 amide bonds. The smallest absolute Gasteiger partial charge is 0.338 e. The number of ether oxygens (including phenoxy) is 1. The first-order valence-electron chi connectivity index (χ1n) is 11.7. The van der Waals surface area contributed by atoms with E-state index in [-0.39, 0.29) is 5.41 Å². The number of carbonyl (C=O) groups is 2. The molecule has 0 bridgehead atoms. The molecule has 2 heterocycles. The van der Waals surface area contributed by atoms with E-state index in [1.54, 1.807) is 24.3 Å². The van der Waals surface area contributed by atoms with Crippen molar-refractivity contribution in [2.24, 2.45) is 11.3 Å². The number of aromatic nitrogens is 2. The maximum atomic E-state index is 12.5. The average Bonchev–Trinajstić information content (AvgIpc) is 3.34. The van der Waals surface area contributed by atoms with E-state index in [1.165, 1.54) is 16.2 Å². The standard InChI is InChI=1S/C27H30N4O3S/c1-15-16(2)30-24(29-15)17-6-8-18(9-7-17)26(33)34-14-23(32)31-25-21(13-28)20-11-10-19(27(3,4)5)12-22(20)35-25/h6-9,19H,10-12,14H2,1-5H3,(H,29,30)(H,31,32).